The maximum Gasteiger partial charge on any atom is 0.410 e. The van der Waals surface area contributed by atoms with E-state index in [4.69, 9.17) is 27.9 Å². The van der Waals surface area contributed by atoms with E-state index in [9.17, 15) is 36.4 Å². The highest BCUT2D eigenvalue weighted by Crippen LogP contribution is 2.75. The maximum absolute atomic E-state index is 13.3. The number of benzene rings is 2. The fourth-order valence-electron chi connectivity index (χ4n) is 3.19. The summed E-state index contributed by atoms with van der Waals surface area (Å²) in [5.74, 6) is -4.41. The van der Waals surface area contributed by atoms with Crippen LogP contribution in [0.4, 0.5) is 26.3 Å². The van der Waals surface area contributed by atoms with E-state index in [-0.39, 0.29) is 11.3 Å². The molecule has 0 bridgehead atoms. The van der Waals surface area contributed by atoms with Crippen molar-refractivity contribution in [3.8, 4) is 17.6 Å². The first-order chi connectivity index (χ1) is 14.8. The number of nitriles is 1. The smallest absolute Gasteiger partial charge is 0.410 e. The first kappa shape index (κ1) is 24.0. The molecule has 1 fully saturated rings. The molecule has 0 aromatic heterocycles. The van der Waals surface area contributed by atoms with Crippen LogP contribution in [0.2, 0.25) is 0 Å². The quantitative estimate of drug-likeness (QED) is 0.276. The molecule has 0 radical (unpaired) electrons. The van der Waals surface area contributed by atoms with Crippen molar-refractivity contribution in [2.45, 2.75) is 28.2 Å². The highest BCUT2D eigenvalue weighted by molar-refractivity contribution is 6.43. The fraction of sp³-hybridized carbons (Fsp3) is 0.300. The third kappa shape index (κ3) is 3.84. The zero-order valence-corrected chi connectivity index (χ0v) is 17.1. The average molecular weight is 498 g/mol. The number of hydrogen-bond acceptors (Lipinski definition) is 4. The van der Waals surface area contributed by atoms with Crippen LogP contribution in [0.1, 0.15) is 11.7 Å². The van der Waals surface area contributed by atoms with Crippen molar-refractivity contribution in [2.24, 2.45) is 5.92 Å². The van der Waals surface area contributed by atoms with Gasteiger partial charge in [-0.25, -0.2) is 0 Å². The van der Waals surface area contributed by atoms with Gasteiger partial charge in [0.2, 0.25) is 6.10 Å². The maximum atomic E-state index is 13.3. The molecule has 0 saturated heterocycles. The standard InChI is InChI=1S/C20H11Cl2F6NO3/c21-17(19(23,24)25)15(18(17,22)20(26,27)28)16(30)32-14(10-29)11-5-4-8-13(9-11)31-12-6-2-1-3-7-12/h1-9,14-15H. The second-order valence-electron chi connectivity index (χ2n) is 6.79. The predicted molar refractivity (Wildman–Crippen MR) is 100 cm³/mol. The molecule has 2 aromatic carbocycles. The molecule has 170 valence electrons. The second-order valence-corrected chi connectivity index (χ2v) is 7.98. The van der Waals surface area contributed by atoms with Crippen LogP contribution in [0.3, 0.4) is 0 Å². The lowest BCUT2D eigenvalue weighted by atomic mass is 10.1. The van der Waals surface area contributed by atoms with Crippen LogP contribution >= 0.6 is 23.2 Å². The number of halogens is 8. The molecule has 2 aromatic rings. The van der Waals surface area contributed by atoms with Crippen LogP contribution in [0.15, 0.2) is 54.6 Å². The summed E-state index contributed by atoms with van der Waals surface area (Å²) in [5.41, 5.74) is -0.0470. The Morgan fingerprint density at radius 2 is 1.47 bits per heavy atom. The highest BCUT2D eigenvalue weighted by atomic mass is 35.5. The van der Waals surface area contributed by atoms with Gasteiger partial charge < -0.3 is 9.47 Å². The van der Waals surface area contributed by atoms with Crippen molar-refractivity contribution in [1.82, 2.24) is 0 Å². The van der Waals surface area contributed by atoms with Gasteiger partial charge in [0, 0.05) is 5.56 Å². The molecule has 12 heteroatoms. The Kier molecular flexibility index (Phi) is 6.04. The minimum Gasteiger partial charge on any atom is -0.457 e. The van der Waals surface area contributed by atoms with Gasteiger partial charge in [0.15, 0.2) is 9.75 Å². The van der Waals surface area contributed by atoms with E-state index in [1.54, 1.807) is 30.3 Å². The van der Waals surface area contributed by atoms with Gasteiger partial charge >= 0.3 is 18.3 Å². The number of ether oxygens (including phenoxy) is 2. The first-order valence-corrected chi connectivity index (χ1v) is 9.47. The number of carbonyl (C=O) groups excluding carboxylic acids is 1. The third-order valence-electron chi connectivity index (χ3n) is 4.79. The Balaban J connectivity index is 1.84. The molecular weight excluding hydrogens is 487 g/mol. The van der Waals surface area contributed by atoms with Crippen LogP contribution in [-0.4, -0.2) is 28.1 Å². The van der Waals surface area contributed by atoms with Crippen LogP contribution in [0.5, 0.6) is 11.5 Å². The van der Waals surface area contributed by atoms with E-state index in [1.807, 2.05) is 0 Å². The minimum absolute atomic E-state index is 0.0470. The van der Waals surface area contributed by atoms with Gasteiger partial charge in [-0.1, -0.05) is 30.3 Å². The molecule has 1 aliphatic rings. The first-order valence-electron chi connectivity index (χ1n) is 8.71. The summed E-state index contributed by atoms with van der Waals surface area (Å²) in [6.45, 7) is 0. The Labute approximate surface area is 187 Å². The van der Waals surface area contributed by atoms with Crippen LogP contribution < -0.4 is 4.74 Å². The monoisotopic (exact) mass is 497 g/mol. The van der Waals surface area contributed by atoms with E-state index < -0.39 is 40.1 Å². The van der Waals surface area contributed by atoms with Crippen molar-refractivity contribution < 1.29 is 40.6 Å². The molecular formula is C20H11Cl2F6NO3. The van der Waals surface area contributed by atoms with Crippen molar-refractivity contribution >= 4 is 29.2 Å². The third-order valence-corrected chi connectivity index (χ3v) is 6.35. The SMILES string of the molecule is N#CC(OC(=O)C1C(Cl)(C(F)(F)F)C1(Cl)C(F)(F)F)c1cccc(Oc2ccccc2)c1. The Bertz CT molecular complexity index is 1030. The molecule has 3 unspecified atom stereocenters. The summed E-state index contributed by atoms with van der Waals surface area (Å²) in [6.07, 6.45) is -13.2. The van der Waals surface area contributed by atoms with Gasteiger partial charge in [-0.2, -0.15) is 31.6 Å². The lowest BCUT2D eigenvalue weighted by molar-refractivity contribution is -0.176. The van der Waals surface area contributed by atoms with Gasteiger partial charge in [0.1, 0.15) is 23.5 Å². The molecule has 1 aliphatic carbocycles. The summed E-state index contributed by atoms with van der Waals surface area (Å²) >= 11 is 10.4. The summed E-state index contributed by atoms with van der Waals surface area (Å²) in [7, 11) is 0. The Morgan fingerprint density at radius 1 is 0.938 bits per heavy atom. The topological polar surface area (TPSA) is 59.3 Å². The normalized spacial score (nSPS) is 26.0. The summed E-state index contributed by atoms with van der Waals surface area (Å²) < 4.78 is 89.8. The minimum atomic E-state index is -5.68. The van der Waals surface area contributed by atoms with Crippen molar-refractivity contribution in [3.63, 3.8) is 0 Å². The zero-order valence-electron chi connectivity index (χ0n) is 15.5. The predicted octanol–water partition coefficient (Wildman–Crippen LogP) is 6.30. The number of nitrogens with zero attached hydrogens (tertiary/aromatic N) is 1. The number of alkyl halides is 8. The second kappa shape index (κ2) is 8.05. The lowest BCUT2D eigenvalue weighted by Gasteiger charge is -2.19. The number of carbonyl (C=O) groups is 1. The van der Waals surface area contributed by atoms with E-state index in [2.05, 4.69) is 4.74 Å². The number of rotatable bonds is 5. The zero-order chi connectivity index (χ0) is 23.9. The molecule has 0 amide bonds. The van der Waals surface area contributed by atoms with E-state index >= 15 is 0 Å². The number of para-hydroxylation sites is 1. The van der Waals surface area contributed by atoms with Gasteiger partial charge in [-0.3, -0.25) is 4.79 Å². The number of hydrogen-bond donors (Lipinski definition) is 0. The summed E-state index contributed by atoms with van der Waals surface area (Å²) in [6, 6.07) is 15.3. The molecule has 3 rings (SSSR count). The van der Waals surface area contributed by atoms with Gasteiger partial charge in [-0.05, 0) is 24.3 Å². The summed E-state index contributed by atoms with van der Waals surface area (Å²) in [4.78, 5) is 4.02. The van der Waals surface area contributed by atoms with E-state index in [1.165, 1.54) is 30.3 Å². The Morgan fingerprint density at radius 3 is 1.97 bits per heavy atom. The van der Waals surface area contributed by atoms with Crippen LogP contribution in [0, 0.1) is 17.2 Å². The summed E-state index contributed by atoms with van der Waals surface area (Å²) in [5, 5.41) is 9.31. The molecule has 4 nitrogen and oxygen atoms in total. The highest BCUT2D eigenvalue weighted by Gasteiger charge is 2.98. The molecule has 0 aliphatic heterocycles. The lowest BCUT2D eigenvalue weighted by Crippen LogP contribution is -2.40. The molecule has 0 heterocycles. The average Bonchev–Trinajstić information content (AvgIpc) is 3.26. The molecule has 1 saturated carbocycles. The Hall–Kier alpha value is -2.64. The van der Waals surface area contributed by atoms with Gasteiger partial charge in [-0.15, -0.1) is 23.2 Å². The van der Waals surface area contributed by atoms with Gasteiger partial charge in [0.05, 0.1) is 0 Å². The molecule has 3 atom stereocenters. The van der Waals surface area contributed by atoms with Crippen LogP contribution in [0.25, 0.3) is 0 Å². The van der Waals surface area contributed by atoms with Crippen molar-refractivity contribution in [2.75, 3.05) is 0 Å². The van der Waals surface area contributed by atoms with E-state index in [0.717, 1.165) is 0 Å². The van der Waals surface area contributed by atoms with Crippen LogP contribution in [-0.2, 0) is 9.53 Å². The number of esters is 1. The molecule has 0 spiro atoms. The largest absolute Gasteiger partial charge is 0.457 e. The van der Waals surface area contributed by atoms with Crippen molar-refractivity contribution in [1.29, 1.82) is 5.26 Å². The molecule has 32 heavy (non-hydrogen) atoms. The van der Waals surface area contributed by atoms with E-state index in [0.29, 0.717) is 5.75 Å². The van der Waals surface area contributed by atoms with Gasteiger partial charge in [0.25, 0.3) is 0 Å². The molecule has 0 N–H and O–H groups in total. The van der Waals surface area contributed by atoms with Crippen molar-refractivity contribution in [3.05, 3.63) is 60.2 Å². The fourth-order valence-corrected chi connectivity index (χ4v) is 4.07.